The molecule has 0 amide bonds. The van der Waals surface area contributed by atoms with Crippen LogP contribution in [0.2, 0.25) is 0 Å². The first-order chi connectivity index (χ1) is 9.81. The normalized spacial score (nSPS) is 20.8. The van der Waals surface area contributed by atoms with Crippen LogP contribution < -0.4 is 0 Å². The average molecular weight is 296 g/mol. The summed E-state index contributed by atoms with van der Waals surface area (Å²) in [6.45, 7) is 3.36. The smallest absolute Gasteiger partial charge is 0.343 e. The maximum Gasteiger partial charge on any atom is 0.343 e. The second-order valence-electron chi connectivity index (χ2n) is 4.98. The third-order valence-corrected chi connectivity index (χ3v) is 3.75. The van der Waals surface area contributed by atoms with Gasteiger partial charge in [-0.15, -0.1) is 0 Å². The van der Waals surface area contributed by atoms with E-state index in [9.17, 15) is 19.8 Å². The molecule has 0 fully saturated rings. The van der Waals surface area contributed by atoms with Crippen LogP contribution >= 0.6 is 0 Å². The number of carbonyl (C=O) groups is 2. The van der Waals surface area contributed by atoms with Crippen molar-refractivity contribution in [1.29, 1.82) is 0 Å². The number of cyclic esters (lactones) is 1. The Morgan fingerprint density at radius 3 is 2.43 bits per heavy atom. The Morgan fingerprint density at radius 1 is 1.29 bits per heavy atom. The second kappa shape index (κ2) is 5.25. The third kappa shape index (κ3) is 2.19. The van der Waals surface area contributed by atoms with Crippen LogP contribution in [-0.4, -0.2) is 40.5 Å². The summed E-state index contributed by atoms with van der Waals surface area (Å²) < 4.78 is 10.1. The Kier molecular flexibility index (Phi) is 3.78. The molecular formula is C14H16O7. The minimum Gasteiger partial charge on any atom is -0.507 e. The number of hydrogen-bond acceptors (Lipinski definition) is 6. The summed E-state index contributed by atoms with van der Waals surface area (Å²) in [6, 6.07) is 0. The number of fused-ring (bicyclic) bond motifs is 1. The van der Waals surface area contributed by atoms with E-state index >= 15 is 0 Å². The minimum atomic E-state index is -1.54. The first kappa shape index (κ1) is 15.1. The fraction of sp³-hybridized carbons (Fsp3) is 0.429. The molecule has 21 heavy (non-hydrogen) atoms. The highest BCUT2D eigenvalue weighted by molar-refractivity contribution is 6.04. The van der Waals surface area contributed by atoms with Gasteiger partial charge in [-0.05, 0) is 12.5 Å². The van der Waals surface area contributed by atoms with Crippen LogP contribution in [0.15, 0.2) is 0 Å². The first-order valence-electron chi connectivity index (χ1n) is 6.35. The van der Waals surface area contributed by atoms with Gasteiger partial charge in [-0.1, -0.05) is 6.92 Å². The third-order valence-electron chi connectivity index (χ3n) is 3.75. The summed E-state index contributed by atoms with van der Waals surface area (Å²) in [4.78, 5) is 23.2. The molecule has 114 valence electrons. The molecule has 2 atom stereocenters. The Bertz CT molecular complexity index is 620. The summed E-state index contributed by atoms with van der Waals surface area (Å²) >= 11 is 0. The van der Waals surface area contributed by atoms with E-state index in [1.807, 2.05) is 0 Å². The van der Waals surface area contributed by atoms with E-state index in [4.69, 9.17) is 14.6 Å². The van der Waals surface area contributed by atoms with Crippen molar-refractivity contribution >= 4 is 11.9 Å². The summed E-state index contributed by atoms with van der Waals surface area (Å²) in [6.07, 6.45) is -0.463. The van der Waals surface area contributed by atoms with Crippen LogP contribution in [0.3, 0.4) is 0 Å². The van der Waals surface area contributed by atoms with E-state index in [1.165, 1.54) is 7.11 Å². The van der Waals surface area contributed by atoms with E-state index in [0.29, 0.717) is 5.56 Å². The molecule has 1 aromatic rings. The molecule has 1 aliphatic heterocycles. The molecule has 0 aliphatic carbocycles. The molecule has 2 rings (SSSR count). The van der Waals surface area contributed by atoms with Gasteiger partial charge in [0, 0.05) is 18.6 Å². The van der Waals surface area contributed by atoms with Gasteiger partial charge in [-0.2, -0.15) is 0 Å². The van der Waals surface area contributed by atoms with Gasteiger partial charge in [0.2, 0.25) is 0 Å². The summed E-state index contributed by atoms with van der Waals surface area (Å²) in [5, 5.41) is 29.3. The van der Waals surface area contributed by atoms with Gasteiger partial charge in [-0.25, -0.2) is 9.59 Å². The Balaban J connectivity index is 2.88. The summed E-state index contributed by atoms with van der Waals surface area (Å²) in [5.74, 6) is -4.03. The number of hydrogen-bond donors (Lipinski definition) is 3. The second-order valence-corrected chi connectivity index (χ2v) is 4.98. The van der Waals surface area contributed by atoms with Gasteiger partial charge in [0.25, 0.3) is 0 Å². The van der Waals surface area contributed by atoms with Crippen molar-refractivity contribution in [3.63, 3.8) is 0 Å². The highest BCUT2D eigenvalue weighted by Gasteiger charge is 2.39. The fourth-order valence-corrected chi connectivity index (χ4v) is 2.56. The van der Waals surface area contributed by atoms with Gasteiger partial charge in [0.05, 0.1) is 6.61 Å². The number of aromatic carboxylic acids is 1. The van der Waals surface area contributed by atoms with Crippen LogP contribution in [0.4, 0.5) is 0 Å². The van der Waals surface area contributed by atoms with Gasteiger partial charge in [-0.3, -0.25) is 0 Å². The predicted octanol–water partition coefficient (Wildman–Crippen LogP) is 1.60. The molecule has 0 radical (unpaired) electrons. The largest absolute Gasteiger partial charge is 0.507 e. The number of rotatable bonds is 3. The van der Waals surface area contributed by atoms with Gasteiger partial charge >= 0.3 is 11.9 Å². The van der Waals surface area contributed by atoms with Gasteiger partial charge < -0.3 is 24.8 Å². The lowest BCUT2D eigenvalue weighted by Crippen LogP contribution is -2.30. The molecule has 3 N–H and O–H groups in total. The van der Waals surface area contributed by atoms with Gasteiger partial charge in [0.1, 0.15) is 28.7 Å². The molecule has 1 aliphatic rings. The number of carbonyl (C=O) groups excluding carboxylic acids is 1. The highest BCUT2D eigenvalue weighted by atomic mass is 16.5. The topological polar surface area (TPSA) is 113 Å². The molecule has 0 saturated heterocycles. The van der Waals surface area contributed by atoms with Crippen LogP contribution in [0.25, 0.3) is 0 Å². The van der Waals surface area contributed by atoms with E-state index < -0.39 is 35.1 Å². The van der Waals surface area contributed by atoms with Crippen LogP contribution in [-0.2, 0) is 16.1 Å². The Labute approximate surface area is 120 Å². The van der Waals surface area contributed by atoms with E-state index in [2.05, 4.69) is 0 Å². The maximum absolute atomic E-state index is 12.0. The molecule has 1 heterocycles. The lowest BCUT2D eigenvalue weighted by molar-refractivity contribution is 0.0232. The van der Waals surface area contributed by atoms with E-state index in [-0.39, 0.29) is 23.7 Å². The molecule has 0 spiro atoms. The monoisotopic (exact) mass is 296 g/mol. The number of methoxy groups -OCH3 is 1. The minimum absolute atomic E-state index is 0.0843. The molecule has 0 unspecified atom stereocenters. The molecule has 7 heteroatoms. The average Bonchev–Trinajstić information content (AvgIpc) is 2.38. The standard InChI is InChI=1S/C14H16O7/c1-5-6(2)21-14(19)9-8(5)7(4-20-3)11(15)10(12(9)16)13(17)18/h5-6,15-16H,4H2,1-3H3,(H,17,18)/t5-,6+/m0/s1. The summed E-state index contributed by atoms with van der Waals surface area (Å²) in [7, 11) is 1.38. The molecule has 0 bridgehead atoms. The van der Waals surface area contributed by atoms with Crippen molar-refractivity contribution in [1.82, 2.24) is 0 Å². The molecule has 0 aromatic heterocycles. The van der Waals surface area contributed by atoms with Crippen molar-refractivity contribution in [3.05, 3.63) is 22.3 Å². The van der Waals surface area contributed by atoms with Crippen molar-refractivity contribution in [2.45, 2.75) is 32.5 Å². The highest BCUT2D eigenvalue weighted by Crippen LogP contribution is 2.45. The van der Waals surface area contributed by atoms with E-state index in [0.717, 1.165) is 0 Å². The predicted molar refractivity (Wildman–Crippen MR) is 70.7 cm³/mol. The number of ether oxygens (including phenoxy) is 2. The Hall–Kier alpha value is -2.28. The van der Waals surface area contributed by atoms with Crippen molar-refractivity contribution in [2.75, 3.05) is 7.11 Å². The van der Waals surface area contributed by atoms with Crippen LogP contribution in [0.1, 0.15) is 51.6 Å². The number of aromatic hydroxyl groups is 2. The number of phenols is 2. The maximum atomic E-state index is 12.0. The van der Waals surface area contributed by atoms with Crippen molar-refractivity contribution in [2.24, 2.45) is 0 Å². The number of esters is 1. The van der Waals surface area contributed by atoms with Crippen molar-refractivity contribution in [3.8, 4) is 11.5 Å². The first-order valence-corrected chi connectivity index (χ1v) is 6.35. The van der Waals surface area contributed by atoms with Crippen LogP contribution in [0.5, 0.6) is 11.5 Å². The van der Waals surface area contributed by atoms with E-state index in [1.54, 1.807) is 13.8 Å². The zero-order chi connectivity index (χ0) is 15.9. The lowest BCUT2D eigenvalue weighted by atomic mass is 9.83. The number of carboxylic acid groups (broad SMARTS) is 1. The van der Waals surface area contributed by atoms with Crippen LogP contribution in [0, 0.1) is 0 Å². The molecule has 1 aromatic carbocycles. The fourth-order valence-electron chi connectivity index (χ4n) is 2.56. The SMILES string of the molecule is COCc1c(O)c(C(=O)O)c(O)c2c1[C@@H](C)[C@@H](C)OC2=O. The number of benzene rings is 1. The zero-order valence-corrected chi connectivity index (χ0v) is 11.8. The number of carboxylic acids is 1. The summed E-state index contributed by atoms with van der Waals surface area (Å²) in [5.41, 5.74) is -0.401. The Morgan fingerprint density at radius 2 is 1.90 bits per heavy atom. The molecule has 0 saturated carbocycles. The zero-order valence-electron chi connectivity index (χ0n) is 11.8. The molecular weight excluding hydrogens is 280 g/mol. The lowest BCUT2D eigenvalue weighted by Gasteiger charge is -2.31. The van der Waals surface area contributed by atoms with Gasteiger partial charge in [0.15, 0.2) is 0 Å². The molecule has 7 nitrogen and oxygen atoms in total. The quantitative estimate of drug-likeness (QED) is 0.726. The van der Waals surface area contributed by atoms with Crippen molar-refractivity contribution < 1.29 is 34.4 Å².